The molecule has 3 heterocycles. The Morgan fingerprint density at radius 3 is 2.64 bits per heavy atom. The van der Waals surface area contributed by atoms with Gasteiger partial charge >= 0.3 is 0 Å². The van der Waals surface area contributed by atoms with Crippen molar-refractivity contribution in [2.24, 2.45) is 0 Å². The van der Waals surface area contributed by atoms with Crippen molar-refractivity contribution in [2.45, 2.75) is 20.0 Å². The van der Waals surface area contributed by atoms with Crippen LogP contribution in [0.3, 0.4) is 0 Å². The number of hydrogen-bond donors (Lipinski definition) is 1. The number of aryl methyl sites for hydroxylation is 1. The minimum atomic E-state index is 0.0328. The van der Waals surface area contributed by atoms with Gasteiger partial charge in [0.05, 0.1) is 30.9 Å². The highest BCUT2D eigenvalue weighted by Crippen LogP contribution is 2.31. The zero-order chi connectivity index (χ0) is 19.5. The molecule has 0 bridgehead atoms. The van der Waals surface area contributed by atoms with Crippen LogP contribution < -0.4 is 15.1 Å². The molecule has 0 unspecified atom stereocenters. The highest BCUT2D eigenvalue weighted by atomic mass is 16.2. The van der Waals surface area contributed by atoms with Crippen LogP contribution in [0, 0.1) is 6.92 Å². The number of carbonyl (C=O) groups is 1. The van der Waals surface area contributed by atoms with Crippen LogP contribution in [0.2, 0.25) is 0 Å². The Balaban J connectivity index is 1.69. The SMILES string of the molecule is Cc1ccccc1N1Cc2c(NCc3ccccn3)ncnc2N(C)CC1=O. The van der Waals surface area contributed by atoms with E-state index in [1.807, 2.05) is 66.2 Å². The van der Waals surface area contributed by atoms with Crippen LogP contribution >= 0.6 is 0 Å². The Morgan fingerprint density at radius 1 is 1.04 bits per heavy atom. The zero-order valence-electron chi connectivity index (χ0n) is 16.0. The molecule has 0 saturated heterocycles. The number of rotatable bonds is 4. The van der Waals surface area contributed by atoms with E-state index in [9.17, 15) is 4.79 Å². The Kier molecular flexibility index (Phi) is 4.89. The minimum Gasteiger partial charge on any atom is -0.364 e. The number of carbonyl (C=O) groups excluding carboxylic acids is 1. The van der Waals surface area contributed by atoms with Gasteiger partial charge in [-0.3, -0.25) is 9.78 Å². The maximum Gasteiger partial charge on any atom is 0.246 e. The summed E-state index contributed by atoms with van der Waals surface area (Å²) in [5, 5.41) is 3.36. The molecule has 0 spiro atoms. The largest absolute Gasteiger partial charge is 0.364 e. The normalized spacial score (nSPS) is 13.9. The maximum atomic E-state index is 12.9. The number of para-hydroxylation sites is 1. The number of pyridine rings is 1. The van der Waals surface area contributed by atoms with Crippen molar-refractivity contribution >= 4 is 23.2 Å². The van der Waals surface area contributed by atoms with Gasteiger partial charge in [0.1, 0.15) is 18.0 Å². The van der Waals surface area contributed by atoms with Crippen molar-refractivity contribution in [1.82, 2.24) is 15.0 Å². The summed E-state index contributed by atoms with van der Waals surface area (Å²) in [5.41, 5.74) is 3.79. The molecule has 1 amide bonds. The van der Waals surface area contributed by atoms with Gasteiger partial charge in [0.15, 0.2) is 0 Å². The van der Waals surface area contributed by atoms with Gasteiger partial charge in [0, 0.05) is 18.9 Å². The first-order valence-corrected chi connectivity index (χ1v) is 9.18. The lowest BCUT2D eigenvalue weighted by molar-refractivity contribution is -0.117. The van der Waals surface area contributed by atoms with Gasteiger partial charge in [-0.15, -0.1) is 0 Å². The molecule has 1 aromatic carbocycles. The lowest BCUT2D eigenvalue weighted by atomic mass is 10.1. The molecule has 1 aliphatic rings. The third-order valence-electron chi connectivity index (χ3n) is 4.84. The van der Waals surface area contributed by atoms with E-state index < -0.39 is 0 Å². The van der Waals surface area contributed by atoms with E-state index in [2.05, 4.69) is 20.3 Å². The van der Waals surface area contributed by atoms with E-state index in [0.717, 1.165) is 34.1 Å². The van der Waals surface area contributed by atoms with Crippen LogP contribution in [0.4, 0.5) is 17.3 Å². The molecule has 1 N–H and O–H groups in total. The van der Waals surface area contributed by atoms with E-state index in [0.29, 0.717) is 13.1 Å². The summed E-state index contributed by atoms with van der Waals surface area (Å²) < 4.78 is 0. The molecule has 0 fully saturated rings. The van der Waals surface area contributed by atoms with Gasteiger partial charge in [-0.25, -0.2) is 9.97 Å². The van der Waals surface area contributed by atoms with Crippen LogP contribution in [0.25, 0.3) is 0 Å². The summed E-state index contributed by atoms with van der Waals surface area (Å²) in [4.78, 5) is 29.9. The second-order valence-electron chi connectivity index (χ2n) is 6.82. The molecule has 4 rings (SSSR count). The average molecular weight is 374 g/mol. The van der Waals surface area contributed by atoms with Crippen molar-refractivity contribution in [2.75, 3.05) is 28.7 Å². The quantitative estimate of drug-likeness (QED) is 0.757. The molecular weight excluding hydrogens is 352 g/mol. The summed E-state index contributed by atoms with van der Waals surface area (Å²) in [5.74, 6) is 1.52. The van der Waals surface area contributed by atoms with Crippen LogP contribution in [0.15, 0.2) is 55.0 Å². The molecule has 28 heavy (non-hydrogen) atoms. The summed E-state index contributed by atoms with van der Waals surface area (Å²) in [7, 11) is 1.88. The van der Waals surface area contributed by atoms with E-state index >= 15 is 0 Å². The predicted octanol–water partition coefficient (Wildman–Crippen LogP) is 2.78. The van der Waals surface area contributed by atoms with Gasteiger partial charge in [-0.2, -0.15) is 0 Å². The number of nitrogens with zero attached hydrogens (tertiary/aromatic N) is 5. The fourth-order valence-corrected chi connectivity index (χ4v) is 3.40. The average Bonchev–Trinajstić information content (AvgIpc) is 2.84. The number of nitrogens with one attached hydrogen (secondary N) is 1. The first-order chi connectivity index (χ1) is 13.6. The van der Waals surface area contributed by atoms with Gasteiger partial charge in [0.25, 0.3) is 0 Å². The molecule has 142 valence electrons. The summed E-state index contributed by atoms with van der Waals surface area (Å²) >= 11 is 0. The maximum absolute atomic E-state index is 12.9. The van der Waals surface area contributed by atoms with Gasteiger partial charge in [-0.1, -0.05) is 24.3 Å². The van der Waals surface area contributed by atoms with Crippen LogP contribution in [-0.4, -0.2) is 34.5 Å². The van der Waals surface area contributed by atoms with E-state index in [-0.39, 0.29) is 12.5 Å². The number of aromatic nitrogens is 3. The van der Waals surface area contributed by atoms with Crippen molar-refractivity contribution in [3.63, 3.8) is 0 Å². The minimum absolute atomic E-state index is 0.0328. The fourth-order valence-electron chi connectivity index (χ4n) is 3.40. The zero-order valence-corrected chi connectivity index (χ0v) is 16.0. The number of hydrogen-bond acceptors (Lipinski definition) is 6. The van der Waals surface area contributed by atoms with E-state index in [1.165, 1.54) is 6.33 Å². The number of likely N-dealkylation sites (N-methyl/N-ethyl adjacent to an activating group) is 1. The van der Waals surface area contributed by atoms with Crippen molar-refractivity contribution in [3.05, 3.63) is 71.8 Å². The van der Waals surface area contributed by atoms with Crippen molar-refractivity contribution in [1.29, 1.82) is 0 Å². The third kappa shape index (κ3) is 3.51. The summed E-state index contributed by atoms with van der Waals surface area (Å²) in [6.07, 6.45) is 3.30. The first kappa shape index (κ1) is 17.9. The topological polar surface area (TPSA) is 74.2 Å². The van der Waals surface area contributed by atoms with Gasteiger partial charge in [0.2, 0.25) is 5.91 Å². The smallest absolute Gasteiger partial charge is 0.246 e. The standard InChI is InChI=1S/C21H22N6O/c1-15-7-3-4-9-18(15)27-12-17-20(23-11-16-8-5-6-10-22-16)24-14-25-21(17)26(2)13-19(27)28/h3-10,14H,11-13H2,1-2H3,(H,23,24,25). The Bertz CT molecular complexity index is 991. The Labute approximate surface area is 164 Å². The lowest BCUT2D eigenvalue weighted by Gasteiger charge is -2.23. The number of anilines is 3. The Morgan fingerprint density at radius 2 is 1.86 bits per heavy atom. The highest BCUT2D eigenvalue weighted by Gasteiger charge is 2.28. The van der Waals surface area contributed by atoms with Crippen LogP contribution in [0.1, 0.15) is 16.8 Å². The lowest BCUT2D eigenvalue weighted by Crippen LogP contribution is -2.36. The second-order valence-corrected chi connectivity index (χ2v) is 6.82. The van der Waals surface area contributed by atoms with Crippen LogP contribution in [0.5, 0.6) is 0 Å². The molecule has 3 aromatic rings. The number of amides is 1. The van der Waals surface area contributed by atoms with E-state index in [1.54, 1.807) is 6.20 Å². The summed E-state index contributed by atoms with van der Waals surface area (Å²) in [6.45, 7) is 3.24. The Hall–Kier alpha value is -3.48. The summed E-state index contributed by atoms with van der Waals surface area (Å²) in [6, 6.07) is 13.7. The molecule has 0 radical (unpaired) electrons. The van der Waals surface area contributed by atoms with Crippen LogP contribution in [-0.2, 0) is 17.9 Å². The van der Waals surface area contributed by atoms with Gasteiger partial charge < -0.3 is 15.1 Å². The number of benzene rings is 1. The highest BCUT2D eigenvalue weighted by molar-refractivity contribution is 5.98. The monoisotopic (exact) mass is 374 g/mol. The molecule has 2 aromatic heterocycles. The first-order valence-electron chi connectivity index (χ1n) is 9.18. The molecule has 7 heteroatoms. The molecule has 0 atom stereocenters. The molecule has 0 saturated carbocycles. The van der Waals surface area contributed by atoms with Crippen molar-refractivity contribution < 1.29 is 4.79 Å². The fraction of sp³-hybridized carbons (Fsp3) is 0.238. The molecular formula is C21H22N6O. The molecule has 0 aliphatic carbocycles. The van der Waals surface area contributed by atoms with Gasteiger partial charge in [-0.05, 0) is 30.7 Å². The predicted molar refractivity (Wildman–Crippen MR) is 109 cm³/mol. The molecule has 1 aliphatic heterocycles. The second kappa shape index (κ2) is 7.64. The number of fused-ring (bicyclic) bond motifs is 1. The molecule has 7 nitrogen and oxygen atoms in total. The third-order valence-corrected chi connectivity index (χ3v) is 4.84. The van der Waals surface area contributed by atoms with E-state index in [4.69, 9.17) is 0 Å². The van der Waals surface area contributed by atoms with Crippen molar-refractivity contribution in [3.8, 4) is 0 Å².